The van der Waals surface area contributed by atoms with Gasteiger partial charge in [-0.3, -0.25) is 4.79 Å². The lowest BCUT2D eigenvalue weighted by atomic mass is 9.99. The lowest BCUT2D eigenvalue weighted by Gasteiger charge is -2.40. The predicted molar refractivity (Wildman–Crippen MR) is 295 cm³/mol. The third kappa shape index (κ3) is 39.9. The van der Waals surface area contributed by atoms with Crippen molar-refractivity contribution in [1.29, 1.82) is 0 Å². The van der Waals surface area contributed by atoms with E-state index < -0.39 is 49.5 Å². The molecule has 1 fully saturated rings. The van der Waals surface area contributed by atoms with Crippen molar-refractivity contribution in [3.8, 4) is 0 Å². The van der Waals surface area contributed by atoms with Crippen LogP contribution in [-0.4, -0.2) is 87.5 Å². The maximum absolute atomic E-state index is 13.0. The average molecular weight is 991 g/mol. The third-order valence-corrected chi connectivity index (χ3v) is 14.4. The zero-order valence-electron chi connectivity index (χ0n) is 45.8. The van der Waals surface area contributed by atoms with Crippen LogP contribution in [0, 0.1) is 0 Å². The number of carbonyl (C=O) groups is 1. The Kier molecular flexibility index (Phi) is 48.3. The second kappa shape index (κ2) is 50.9. The molecule has 0 spiro atoms. The standard InChI is InChI=1S/C61H115NO8/c1-3-5-7-9-11-13-15-17-19-21-23-24-25-26-27-28-29-30-31-32-33-34-36-38-40-42-44-46-48-50-55(64)54(53-69-61-60(68)59(67)58(66)56(52-63)70-61)62-57(65)51-49-47-45-43-41-39-37-35-22-20-18-16-14-12-10-8-6-4-2/h20,22,40,42,48,50,54-56,58-61,63-64,66-68H,3-19,21,23-39,41,43-47,49,51-53H2,1-2H3,(H,62,65)/b22-20-,42-40+,50-48+. The highest BCUT2D eigenvalue weighted by atomic mass is 16.7. The van der Waals surface area contributed by atoms with Crippen LogP contribution in [0.5, 0.6) is 0 Å². The normalized spacial score (nSPS) is 19.6. The van der Waals surface area contributed by atoms with Gasteiger partial charge in [0.25, 0.3) is 0 Å². The maximum Gasteiger partial charge on any atom is 0.220 e. The minimum atomic E-state index is -1.57. The van der Waals surface area contributed by atoms with Crippen molar-refractivity contribution in [2.45, 2.75) is 333 Å². The zero-order valence-corrected chi connectivity index (χ0v) is 45.8. The van der Waals surface area contributed by atoms with Gasteiger partial charge in [0, 0.05) is 6.42 Å². The van der Waals surface area contributed by atoms with Crippen LogP contribution in [0.1, 0.15) is 290 Å². The van der Waals surface area contributed by atoms with Gasteiger partial charge in [-0.05, 0) is 57.8 Å². The van der Waals surface area contributed by atoms with Crippen molar-refractivity contribution < 1.29 is 39.8 Å². The first-order valence-electron chi connectivity index (χ1n) is 30.2. The summed E-state index contributed by atoms with van der Waals surface area (Å²) in [6.07, 6.45) is 59.4. The van der Waals surface area contributed by atoms with Gasteiger partial charge in [0.1, 0.15) is 24.4 Å². The number of aliphatic hydroxyl groups excluding tert-OH is 5. The van der Waals surface area contributed by atoms with Crippen molar-refractivity contribution in [1.82, 2.24) is 5.32 Å². The number of hydrogen-bond acceptors (Lipinski definition) is 8. The molecule has 1 aliphatic rings. The Labute approximate surface area is 431 Å². The number of ether oxygens (including phenoxy) is 2. The van der Waals surface area contributed by atoms with E-state index in [4.69, 9.17) is 9.47 Å². The van der Waals surface area contributed by atoms with Crippen LogP contribution in [-0.2, 0) is 14.3 Å². The number of aliphatic hydroxyl groups is 5. The van der Waals surface area contributed by atoms with Crippen molar-refractivity contribution in [2.24, 2.45) is 0 Å². The number of unbranched alkanes of at least 4 members (excludes halogenated alkanes) is 38. The smallest absolute Gasteiger partial charge is 0.220 e. The molecule has 1 heterocycles. The molecule has 1 rings (SSSR count). The van der Waals surface area contributed by atoms with E-state index in [9.17, 15) is 30.3 Å². The molecule has 1 saturated heterocycles. The molecular formula is C61H115NO8. The van der Waals surface area contributed by atoms with E-state index in [0.717, 1.165) is 51.4 Å². The minimum Gasteiger partial charge on any atom is -0.394 e. The lowest BCUT2D eigenvalue weighted by Crippen LogP contribution is -2.60. The Morgan fingerprint density at radius 3 is 1.20 bits per heavy atom. The summed E-state index contributed by atoms with van der Waals surface area (Å²) >= 11 is 0. The Balaban J connectivity index is 2.21. The summed E-state index contributed by atoms with van der Waals surface area (Å²) in [6.45, 7) is 3.79. The van der Waals surface area contributed by atoms with Crippen molar-refractivity contribution in [3.05, 3.63) is 36.5 Å². The van der Waals surface area contributed by atoms with E-state index in [-0.39, 0.29) is 12.5 Å². The van der Waals surface area contributed by atoms with E-state index >= 15 is 0 Å². The van der Waals surface area contributed by atoms with Gasteiger partial charge in [0.2, 0.25) is 5.91 Å². The van der Waals surface area contributed by atoms with Crippen LogP contribution < -0.4 is 5.32 Å². The molecule has 0 aromatic heterocycles. The average Bonchev–Trinajstić information content (AvgIpc) is 3.36. The molecule has 9 heteroatoms. The molecule has 70 heavy (non-hydrogen) atoms. The molecule has 9 nitrogen and oxygen atoms in total. The molecule has 0 aromatic carbocycles. The molecule has 0 aromatic rings. The second-order valence-corrected chi connectivity index (χ2v) is 21.1. The topological polar surface area (TPSA) is 149 Å². The molecule has 0 bridgehead atoms. The number of rotatable bonds is 52. The van der Waals surface area contributed by atoms with Gasteiger partial charge in [0.15, 0.2) is 6.29 Å². The molecule has 0 saturated carbocycles. The van der Waals surface area contributed by atoms with Gasteiger partial charge in [-0.1, -0.05) is 262 Å². The molecule has 412 valence electrons. The summed E-state index contributed by atoms with van der Waals surface area (Å²) in [5, 5.41) is 54.5. The van der Waals surface area contributed by atoms with Crippen molar-refractivity contribution in [3.63, 3.8) is 0 Å². The van der Waals surface area contributed by atoms with E-state index in [2.05, 4.69) is 43.5 Å². The Bertz CT molecular complexity index is 1190. The van der Waals surface area contributed by atoms with Crippen LogP contribution in [0.2, 0.25) is 0 Å². The van der Waals surface area contributed by atoms with E-state index in [0.29, 0.717) is 6.42 Å². The largest absolute Gasteiger partial charge is 0.394 e. The molecule has 1 aliphatic heterocycles. The molecule has 1 amide bonds. The molecule has 0 radical (unpaired) electrons. The number of hydrogen-bond donors (Lipinski definition) is 6. The Morgan fingerprint density at radius 1 is 0.471 bits per heavy atom. The fourth-order valence-corrected chi connectivity index (χ4v) is 9.64. The number of allylic oxidation sites excluding steroid dienone is 5. The quantitative estimate of drug-likeness (QED) is 0.0261. The van der Waals surface area contributed by atoms with Gasteiger partial charge in [0.05, 0.1) is 25.4 Å². The zero-order chi connectivity index (χ0) is 50.8. The first kappa shape index (κ1) is 66.4. The minimum absolute atomic E-state index is 0.188. The Morgan fingerprint density at radius 2 is 0.814 bits per heavy atom. The highest BCUT2D eigenvalue weighted by molar-refractivity contribution is 5.76. The first-order chi connectivity index (χ1) is 34.3. The van der Waals surface area contributed by atoms with Crippen molar-refractivity contribution in [2.75, 3.05) is 13.2 Å². The highest BCUT2D eigenvalue weighted by Crippen LogP contribution is 2.23. The summed E-state index contributed by atoms with van der Waals surface area (Å²) in [7, 11) is 0. The summed E-state index contributed by atoms with van der Waals surface area (Å²) in [5.41, 5.74) is 0. The molecule has 7 atom stereocenters. The Hall–Kier alpha value is -1.59. The van der Waals surface area contributed by atoms with Crippen LogP contribution in [0.25, 0.3) is 0 Å². The number of nitrogens with one attached hydrogen (secondary N) is 1. The van der Waals surface area contributed by atoms with E-state index in [1.54, 1.807) is 6.08 Å². The third-order valence-electron chi connectivity index (χ3n) is 14.4. The van der Waals surface area contributed by atoms with Crippen LogP contribution >= 0.6 is 0 Å². The van der Waals surface area contributed by atoms with Gasteiger partial charge in [-0.15, -0.1) is 0 Å². The van der Waals surface area contributed by atoms with E-state index in [1.165, 1.54) is 218 Å². The molecule has 7 unspecified atom stereocenters. The first-order valence-corrected chi connectivity index (χ1v) is 30.2. The fraction of sp³-hybridized carbons (Fsp3) is 0.885. The number of carbonyl (C=O) groups excluding carboxylic acids is 1. The molecular weight excluding hydrogens is 875 g/mol. The monoisotopic (exact) mass is 990 g/mol. The van der Waals surface area contributed by atoms with Crippen LogP contribution in [0.4, 0.5) is 0 Å². The predicted octanol–water partition coefficient (Wildman–Crippen LogP) is 15.1. The maximum atomic E-state index is 13.0. The van der Waals surface area contributed by atoms with Crippen molar-refractivity contribution >= 4 is 5.91 Å². The summed E-state index contributed by atoms with van der Waals surface area (Å²) in [5.74, 6) is -0.188. The number of amides is 1. The SMILES string of the molecule is CCCCCCCCC/C=C\CCCCCCCCCC(=O)NC(COC1OC(CO)C(O)C(O)C1O)C(O)/C=C/CC/C=C/CCCCCCCCCCCCCCCCCCCCCCCCC. The van der Waals surface area contributed by atoms with Gasteiger partial charge in [-0.2, -0.15) is 0 Å². The summed E-state index contributed by atoms with van der Waals surface area (Å²) < 4.78 is 11.3. The van der Waals surface area contributed by atoms with Gasteiger partial charge in [-0.25, -0.2) is 0 Å². The highest BCUT2D eigenvalue weighted by Gasteiger charge is 2.44. The van der Waals surface area contributed by atoms with Crippen LogP contribution in [0.15, 0.2) is 36.5 Å². The molecule has 0 aliphatic carbocycles. The summed E-state index contributed by atoms with van der Waals surface area (Å²) in [4.78, 5) is 13.0. The van der Waals surface area contributed by atoms with Crippen LogP contribution in [0.3, 0.4) is 0 Å². The lowest BCUT2D eigenvalue weighted by molar-refractivity contribution is -0.302. The molecule has 6 N–H and O–H groups in total. The van der Waals surface area contributed by atoms with Gasteiger partial charge >= 0.3 is 0 Å². The second-order valence-electron chi connectivity index (χ2n) is 21.1. The van der Waals surface area contributed by atoms with Gasteiger partial charge < -0.3 is 40.3 Å². The fourth-order valence-electron chi connectivity index (χ4n) is 9.64. The van der Waals surface area contributed by atoms with E-state index in [1.807, 2.05) is 6.08 Å². The summed E-state index contributed by atoms with van der Waals surface area (Å²) in [6, 6.07) is -0.824.